The number of ether oxygens (including phenoxy) is 1. The maximum atomic E-state index is 12.1. The maximum Gasteiger partial charge on any atom is 0.410 e. The van der Waals surface area contributed by atoms with Gasteiger partial charge in [-0.25, -0.2) is 9.59 Å². The van der Waals surface area contributed by atoms with Gasteiger partial charge >= 0.3 is 12.1 Å². The second-order valence-electron chi connectivity index (χ2n) is 4.50. The van der Waals surface area contributed by atoms with Gasteiger partial charge in [0.25, 0.3) is 0 Å². The topological polar surface area (TPSA) is 66.8 Å². The second kappa shape index (κ2) is 8.19. The number of rotatable bonds is 7. The monoisotopic (exact) mass is 279 g/mol. The molecule has 0 aliphatic heterocycles. The highest BCUT2D eigenvalue weighted by Crippen LogP contribution is 2.10. The van der Waals surface area contributed by atoms with Crippen LogP contribution in [-0.4, -0.2) is 34.7 Å². The summed E-state index contributed by atoms with van der Waals surface area (Å²) >= 11 is 0. The van der Waals surface area contributed by atoms with Crippen molar-refractivity contribution in [1.82, 2.24) is 4.90 Å². The first-order valence-corrected chi connectivity index (χ1v) is 6.80. The summed E-state index contributed by atoms with van der Waals surface area (Å²) in [4.78, 5) is 24.5. The van der Waals surface area contributed by atoms with Gasteiger partial charge in [-0.05, 0) is 18.4 Å². The SMILES string of the molecule is CCCN(C(=O)OCc1ccccc1)C(CC)C(=O)O. The van der Waals surface area contributed by atoms with Crippen LogP contribution >= 0.6 is 0 Å². The van der Waals surface area contributed by atoms with Crippen LogP contribution in [0.2, 0.25) is 0 Å². The molecule has 5 heteroatoms. The van der Waals surface area contributed by atoms with Crippen molar-refractivity contribution in [3.8, 4) is 0 Å². The van der Waals surface area contributed by atoms with Crippen LogP contribution < -0.4 is 0 Å². The number of carboxylic acid groups (broad SMARTS) is 1. The van der Waals surface area contributed by atoms with Crippen molar-refractivity contribution in [2.24, 2.45) is 0 Å². The normalized spacial score (nSPS) is 11.7. The molecular formula is C15H21NO4. The number of hydrogen-bond acceptors (Lipinski definition) is 3. The Morgan fingerprint density at radius 1 is 1.25 bits per heavy atom. The standard InChI is InChI=1S/C15H21NO4/c1-3-10-16(13(4-2)14(17)18)15(19)20-11-12-8-6-5-7-9-12/h5-9,13H,3-4,10-11H2,1-2H3,(H,17,18). The van der Waals surface area contributed by atoms with Crippen LogP contribution in [-0.2, 0) is 16.1 Å². The molecule has 1 atom stereocenters. The van der Waals surface area contributed by atoms with Gasteiger partial charge in [0.15, 0.2) is 0 Å². The van der Waals surface area contributed by atoms with Gasteiger partial charge in [-0.15, -0.1) is 0 Å². The lowest BCUT2D eigenvalue weighted by molar-refractivity contribution is -0.142. The van der Waals surface area contributed by atoms with E-state index in [-0.39, 0.29) is 6.61 Å². The Morgan fingerprint density at radius 2 is 1.90 bits per heavy atom. The van der Waals surface area contributed by atoms with E-state index in [1.165, 1.54) is 4.90 Å². The molecule has 0 saturated carbocycles. The first-order valence-electron chi connectivity index (χ1n) is 6.80. The van der Waals surface area contributed by atoms with E-state index < -0.39 is 18.1 Å². The molecule has 0 aliphatic carbocycles. The molecule has 1 N–H and O–H groups in total. The summed E-state index contributed by atoms with van der Waals surface area (Å²) in [7, 11) is 0. The molecule has 1 unspecified atom stereocenters. The minimum atomic E-state index is -1.00. The molecule has 0 radical (unpaired) electrons. The Labute approximate surface area is 119 Å². The van der Waals surface area contributed by atoms with Crippen molar-refractivity contribution in [3.63, 3.8) is 0 Å². The predicted octanol–water partition coefficient (Wildman–Crippen LogP) is 2.90. The molecule has 0 saturated heterocycles. The average Bonchev–Trinajstić information content (AvgIpc) is 2.45. The summed E-state index contributed by atoms with van der Waals surface area (Å²) in [6.45, 7) is 4.16. The zero-order valence-corrected chi connectivity index (χ0v) is 11.9. The highest BCUT2D eigenvalue weighted by atomic mass is 16.6. The van der Waals surface area contributed by atoms with Crippen molar-refractivity contribution in [2.45, 2.75) is 39.3 Å². The Bertz CT molecular complexity index is 433. The summed E-state index contributed by atoms with van der Waals surface area (Å²) in [5, 5.41) is 9.15. The van der Waals surface area contributed by atoms with E-state index >= 15 is 0 Å². The first-order chi connectivity index (χ1) is 9.60. The number of nitrogens with zero attached hydrogens (tertiary/aromatic N) is 1. The summed E-state index contributed by atoms with van der Waals surface area (Å²) < 4.78 is 5.20. The Balaban J connectivity index is 2.66. The Morgan fingerprint density at radius 3 is 2.40 bits per heavy atom. The molecule has 20 heavy (non-hydrogen) atoms. The van der Waals surface area contributed by atoms with Crippen molar-refractivity contribution in [2.75, 3.05) is 6.54 Å². The zero-order chi connectivity index (χ0) is 15.0. The van der Waals surface area contributed by atoms with Crippen LogP contribution in [0, 0.1) is 0 Å². The predicted molar refractivity (Wildman–Crippen MR) is 75.3 cm³/mol. The number of amides is 1. The summed E-state index contributed by atoms with van der Waals surface area (Å²) in [5.74, 6) is -1.00. The molecule has 0 spiro atoms. The van der Waals surface area contributed by atoms with E-state index in [0.717, 1.165) is 5.56 Å². The largest absolute Gasteiger partial charge is 0.480 e. The average molecular weight is 279 g/mol. The van der Waals surface area contributed by atoms with Gasteiger partial charge in [0.05, 0.1) is 0 Å². The minimum Gasteiger partial charge on any atom is -0.480 e. The molecule has 0 bridgehead atoms. The van der Waals surface area contributed by atoms with Crippen molar-refractivity contribution in [1.29, 1.82) is 0 Å². The summed E-state index contributed by atoms with van der Waals surface area (Å²) in [5.41, 5.74) is 0.876. The van der Waals surface area contributed by atoms with Gasteiger partial charge in [-0.1, -0.05) is 44.2 Å². The molecule has 110 valence electrons. The van der Waals surface area contributed by atoms with Crippen LogP contribution in [0.3, 0.4) is 0 Å². The third kappa shape index (κ3) is 4.57. The van der Waals surface area contributed by atoms with E-state index in [0.29, 0.717) is 19.4 Å². The quantitative estimate of drug-likeness (QED) is 0.833. The lowest BCUT2D eigenvalue weighted by Gasteiger charge is -2.27. The van der Waals surface area contributed by atoms with Gasteiger partial charge in [0.1, 0.15) is 12.6 Å². The number of aliphatic carboxylic acids is 1. The van der Waals surface area contributed by atoms with E-state index in [2.05, 4.69) is 0 Å². The Kier molecular flexibility index (Phi) is 6.56. The highest BCUT2D eigenvalue weighted by Gasteiger charge is 2.28. The fourth-order valence-corrected chi connectivity index (χ4v) is 1.95. The number of benzene rings is 1. The lowest BCUT2D eigenvalue weighted by atomic mass is 10.2. The first kappa shape index (κ1) is 16.0. The number of carboxylic acids is 1. The maximum absolute atomic E-state index is 12.1. The third-order valence-electron chi connectivity index (χ3n) is 2.95. The molecule has 0 aromatic heterocycles. The minimum absolute atomic E-state index is 0.149. The van der Waals surface area contributed by atoms with E-state index in [9.17, 15) is 9.59 Å². The van der Waals surface area contributed by atoms with Crippen LogP contribution in [0.25, 0.3) is 0 Å². The molecule has 5 nitrogen and oxygen atoms in total. The van der Waals surface area contributed by atoms with Crippen molar-refractivity contribution in [3.05, 3.63) is 35.9 Å². The van der Waals surface area contributed by atoms with Crippen LogP contribution in [0.1, 0.15) is 32.3 Å². The van der Waals surface area contributed by atoms with E-state index in [1.807, 2.05) is 37.3 Å². The lowest BCUT2D eigenvalue weighted by Crippen LogP contribution is -2.45. The van der Waals surface area contributed by atoms with E-state index in [4.69, 9.17) is 9.84 Å². The van der Waals surface area contributed by atoms with Gasteiger partial charge in [-0.3, -0.25) is 4.90 Å². The molecule has 0 fully saturated rings. The Hall–Kier alpha value is -2.04. The van der Waals surface area contributed by atoms with Crippen LogP contribution in [0.15, 0.2) is 30.3 Å². The highest BCUT2D eigenvalue weighted by molar-refractivity contribution is 5.80. The zero-order valence-electron chi connectivity index (χ0n) is 11.9. The molecule has 0 heterocycles. The molecule has 1 rings (SSSR count). The van der Waals surface area contributed by atoms with Gasteiger partial charge in [0, 0.05) is 6.54 Å². The third-order valence-corrected chi connectivity index (χ3v) is 2.95. The van der Waals surface area contributed by atoms with Gasteiger partial charge in [-0.2, -0.15) is 0 Å². The molecule has 1 aromatic carbocycles. The van der Waals surface area contributed by atoms with E-state index in [1.54, 1.807) is 6.92 Å². The summed E-state index contributed by atoms with van der Waals surface area (Å²) in [6.07, 6.45) is 0.463. The summed E-state index contributed by atoms with van der Waals surface area (Å²) in [6, 6.07) is 8.47. The van der Waals surface area contributed by atoms with Crippen molar-refractivity contribution < 1.29 is 19.4 Å². The number of carbonyl (C=O) groups is 2. The fourth-order valence-electron chi connectivity index (χ4n) is 1.95. The second-order valence-corrected chi connectivity index (χ2v) is 4.50. The smallest absolute Gasteiger partial charge is 0.410 e. The number of carbonyl (C=O) groups excluding carboxylic acids is 1. The van der Waals surface area contributed by atoms with Crippen LogP contribution in [0.4, 0.5) is 4.79 Å². The fraction of sp³-hybridized carbons (Fsp3) is 0.467. The molecule has 1 amide bonds. The molecule has 0 aliphatic rings. The molecular weight excluding hydrogens is 258 g/mol. The molecule has 1 aromatic rings. The van der Waals surface area contributed by atoms with Crippen LogP contribution in [0.5, 0.6) is 0 Å². The van der Waals surface area contributed by atoms with Crippen molar-refractivity contribution >= 4 is 12.1 Å². The van der Waals surface area contributed by atoms with Gasteiger partial charge in [0.2, 0.25) is 0 Å². The van der Waals surface area contributed by atoms with Gasteiger partial charge < -0.3 is 9.84 Å². The number of hydrogen-bond donors (Lipinski definition) is 1.